The van der Waals surface area contributed by atoms with Gasteiger partial charge in [-0.15, -0.1) is 0 Å². The van der Waals surface area contributed by atoms with Crippen molar-refractivity contribution in [1.82, 2.24) is 0 Å². The minimum absolute atomic E-state index is 0.356. The molecule has 0 saturated heterocycles. The highest BCUT2D eigenvalue weighted by Gasteiger charge is 2.13. The zero-order valence-electron chi connectivity index (χ0n) is 14.8. The lowest BCUT2D eigenvalue weighted by molar-refractivity contribution is 0.0714. The highest BCUT2D eigenvalue weighted by atomic mass is 16.4. The van der Waals surface area contributed by atoms with Crippen LogP contribution < -0.4 is 11.4 Å². The fourth-order valence-electron chi connectivity index (χ4n) is 2.86. The van der Waals surface area contributed by atoms with E-state index < -0.39 is 17.1 Å². The first-order valence-corrected chi connectivity index (χ1v) is 8.42. The Balaban J connectivity index is 2.02. The van der Waals surface area contributed by atoms with Gasteiger partial charge in [0.15, 0.2) is 0 Å². The molecule has 5 nitrogen and oxygen atoms in total. The fourth-order valence-corrected chi connectivity index (χ4v) is 2.86. The maximum Gasteiger partial charge on any atom is 0.336 e. The molecule has 26 heavy (non-hydrogen) atoms. The SMILES string of the molecule is CC(C)(O)CCc1ccc(-c2cc(=O)oc3ccc(C(N)=O)cc23)cc1. The fraction of sp³-hybridized carbons (Fsp3) is 0.238. The minimum Gasteiger partial charge on any atom is -0.423 e. The van der Waals surface area contributed by atoms with Crippen LogP contribution >= 0.6 is 0 Å². The van der Waals surface area contributed by atoms with Gasteiger partial charge in [-0.05, 0) is 61.6 Å². The number of aryl methyl sites for hydroxylation is 1. The first kappa shape index (κ1) is 17.9. The molecule has 1 heterocycles. The molecule has 2 aromatic carbocycles. The number of primary amides is 1. The quantitative estimate of drug-likeness (QED) is 0.690. The summed E-state index contributed by atoms with van der Waals surface area (Å²) >= 11 is 0. The molecular formula is C21H21NO4. The van der Waals surface area contributed by atoms with Crippen LogP contribution in [0.5, 0.6) is 0 Å². The van der Waals surface area contributed by atoms with Gasteiger partial charge in [-0.2, -0.15) is 0 Å². The van der Waals surface area contributed by atoms with Crippen LogP contribution in [0.2, 0.25) is 0 Å². The van der Waals surface area contributed by atoms with Crippen molar-refractivity contribution in [3.05, 3.63) is 70.1 Å². The van der Waals surface area contributed by atoms with Crippen LogP contribution in [0.15, 0.2) is 57.7 Å². The summed E-state index contributed by atoms with van der Waals surface area (Å²) in [6.07, 6.45) is 1.42. The smallest absolute Gasteiger partial charge is 0.336 e. The Morgan fingerprint density at radius 2 is 1.81 bits per heavy atom. The predicted molar refractivity (Wildman–Crippen MR) is 101 cm³/mol. The Morgan fingerprint density at radius 3 is 2.42 bits per heavy atom. The van der Waals surface area contributed by atoms with Crippen molar-refractivity contribution in [1.29, 1.82) is 0 Å². The monoisotopic (exact) mass is 351 g/mol. The Labute approximate surface area is 151 Å². The van der Waals surface area contributed by atoms with Crippen molar-refractivity contribution in [2.75, 3.05) is 0 Å². The molecule has 5 heteroatoms. The van der Waals surface area contributed by atoms with Crippen LogP contribution in [0, 0.1) is 0 Å². The molecule has 0 unspecified atom stereocenters. The summed E-state index contributed by atoms with van der Waals surface area (Å²) in [4.78, 5) is 23.4. The maximum atomic E-state index is 11.9. The summed E-state index contributed by atoms with van der Waals surface area (Å²) in [5.74, 6) is -0.536. The molecule has 1 amide bonds. The first-order valence-electron chi connectivity index (χ1n) is 8.42. The van der Waals surface area contributed by atoms with E-state index in [1.807, 2.05) is 24.3 Å². The zero-order valence-corrected chi connectivity index (χ0v) is 14.8. The van der Waals surface area contributed by atoms with Crippen LogP contribution in [0.3, 0.4) is 0 Å². The molecular weight excluding hydrogens is 330 g/mol. The Hall–Kier alpha value is -2.92. The number of aliphatic hydroxyl groups is 1. The number of amides is 1. The third-order valence-electron chi connectivity index (χ3n) is 4.32. The van der Waals surface area contributed by atoms with E-state index >= 15 is 0 Å². The normalized spacial score (nSPS) is 11.7. The Kier molecular flexibility index (Phi) is 4.66. The number of hydrogen-bond donors (Lipinski definition) is 2. The molecule has 0 fully saturated rings. The molecule has 0 aliphatic rings. The van der Waals surface area contributed by atoms with Crippen LogP contribution in [0.4, 0.5) is 0 Å². The van der Waals surface area contributed by atoms with Crippen molar-refractivity contribution < 1.29 is 14.3 Å². The van der Waals surface area contributed by atoms with Gasteiger partial charge in [0.1, 0.15) is 5.58 Å². The molecule has 0 saturated carbocycles. The molecule has 0 atom stereocenters. The van der Waals surface area contributed by atoms with E-state index in [0.717, 1.165) is 17.5 Å². The average Bonchev–Trinajstić information content (AvgIpc) is 2.58. The van der Waals surface area contributed by atoms with Crippen LogP contribution in [-0.2, 0) is 6.42 Å². The standard InChI is InChI=1S/C21H21NO4/c1-21(2,25)10-9-13-3-5-14(6-4-13)16-12-19(23)26-18-8-7-15(20(22)24)11-17(16)18/h3-8,11-12,25H,9-10H2,1-2H3,(H2,22,24). The summed E-state index contributed by atoms with van der Waals surface area (Å²) in [7, 11) is 0. The second-order valence-corrected chi connectivity index (χ2v) is 7.06. The molecule has 0 bridgehead atoms. The van der Waals surface area contributed by atoms with Crippen LogP contribution in [-0.4, -0.2) is 16.6 Å². The number of carbonyl (C=O) groups excluding carboxylic acids is 1. The van der Waals surface area contributed by atoms with Gasteiger partial charge in [0.05, 0.1) is 5.60 Å². The molecule has 3 rings (SSSR count). The van der Waals surface area contributed by atoms with Crippen LogP contribution in [0.1, 0.15) is 36.2 Å². The van der Waals surface area contributed by atoms with Crippen molar-refractivity contribution in [3.63, 3.8) is 0 Å². The van der Waals surface area contributed by atoms with Gasteiger partial charge >= 0.3 is 5.63 Å². The van der Waals surface area contributed by atoms with E-state index in [1.165, 1.54) is 12.1 Å². The van der Waals surface area contributed by atoms with Gasteiger partial charge in [0.2, 0.25) is 5.91 Å². The lowest BCUT2D eigenvalue weighted by Crippen LogP contribution is -2.19. The van der Waals surface area contributed by atoms with Gasteiger partial charge in [0, 0.05) is 17.0 Å². The summed E-state index contributed by atoms with van der Waals surface area (Å²) < 4.78 is 5.22. The van der Waals surface area contributed by atoms with E-state index in [1.54, 1.807) is 26.0 Å². The molecule has 0 radical (unpaired) electrons. The Morgan fingerprint density at radius 1 is 1.12 bits per heavy atom. The van der Waals surface area contributed by atoms with Crippen molar-refractivity contribution in [2.45, 2.75) is 32.3 Å². The number of carbonyl (C=O) groups is 1. The largest absolute Gasteiger partial charge is 0.423 e. The van der Waals surface area contributed by atoms with E-state index in [2.05, 4.69) is 0 Å². The first-order chi connectivity index (χ1) is 12.2. The highest BCUT2D eigenvalue weighted by Crippen LogP contribution is 2.28. The predicted octanol–water partition coefficient (Wildman–Crippen LogP) is 3.26. The summed E-state index contributed by atoms with van der Waals surface area (Å²) in [5, 5.41) is 10.5. The average molecular weight is 351 g/mol. The number of benzene rings is 2. The number of fused-ring (bicyclic) bond motifs is 1. The zero-order chi connectivity index (χ0) is 18.9. The number of hydrogen-bond acceptors (Lipinski definition) is 4. The minimum atomic E-state index is -0.710. The molecule has 134 valence electrons. The lowest BCUT2D eigenvalue weighted by Gasteiger charge is -2.16. The highest BCUT2D eigenvalue weighted by molar-refractivity contribution is 6.00. The van der Waals surface area contributed by atoms with Crippen molar-refractivity contribution in [3.8, 4) is 11.1 Å². The molecule has 3 N–H and O–H groups in total. The summed E-state index contributed by atoms with van der Waals surface area (Å²) in [6.45, 7) is 3.57. The van der Waals surface area contributed by atoms with Crippen molar-refractivity contribution >= 4 is 16.9 Å². The maximum absolute atomic E-state index is 11.9. The summed E-state index contributed by atoms with van der Waals surface area (Å²) in [5.41, 5.74) is 7.59. The van der Waals surface area contributed by atoms with E-state index in [-0.39, 0.29) is 0 Å². The third kappa shape index (κ3) is 4.00. The molecule has 0 aliphatic carbocycles. The lowest BCUT2D eigenvalue weighted by atomic mass is 9.96. The van der Waals surface area contributed by atoms with Crippen LogP contribution in [0.25, 0.3) is 22.1 Å². The van der Waals surface area contributed by atoms with Crippen molar-refractivity contribution in [2.24, 2.45) is 5.73 Å². The van der Waals surface area contributed by atoms with Gasteiger partial charge in [-0.3, -0.25) is 4.79 Å². The molecule has 1 aromatic heterocycles. The van der Waals surface area contributed by atoms with Gasteiger partial charge in [0.25, 0.3) is 0 Å². The molecule has 0 aliphatic heterocycles. The van der Waals surface area contributed by atoms with E-state index in [0.29, 0.717) is 28.5 Å². The second kappa shape index (κ2) is 6.77. The van der Waals surface area contributed by atoms with Gasteiger partial charge in [-0.1, -0.05) is 24.3 Å². The molecule has 3 aromatic rings. The third-order valence-corrected chi connectivity index (χ3v) is 4.32. The summed E-state index contributed by atoms with van der Waals surface area (Å²) in [6, 6.07) is 14.0. The Bertz CT molecular complexity index is 1010. The number of nitrogens with two attached hydrogens (primary N) is 1. The van der Waals surface area contributed by atoms with Gasteiger partial charge in [-0.25, -0.2) is 4.79 Å². The number of rotatable bonds is 5. The second-order valence-electron chi connectivity index (χ2n) is 7.06. The van der Waals surface area contributed by atoms with E-state index in [9.17, 15) is 14.7 Å². The van der Waals surface area contributed by atoms with Gasteiger partial charge < -0.3 is 15.3 Å². The topological polar surface area (TPSA) is 93.5 Å². The van der Waals surface area contributed by atoms with E-state index in [4.69, 9.17) is 10.2 Å². The molecule has 0 spiro atoms.